The van der Waals surface area contributed by atoms with Gasteiger partial charge >= 0.3 is 0 Å². The summed E-state index contributed by atoms with van der Waals surface area (Å²) in [6.07, 6.45) is 2.45. The van der Waals surface area contributed by atoms with Gasteiger partial charge < -0.3 is 10.1 Å². The van der Waals surface area contributed by atoms with Gasteiger partial charge in [-0.3, -0.25) is 9.89 Å². The molecule has 0 bridgehead atoms. The number of aromatic amines is 1. The maximum absolute atomic E-state index is 11.8. The molecule has 0 spiro atoms. The number of hydrogen-bond acceptors (Lipinski definition) is 3. The molecule has 2 N–H and O–H groups in total. The maximum atomic E-state index is 11.8. The lowest BCUT2D eigenvalue weighted by atomic mass is 10.1. The summed E-state index contributed by atoms with van der Waals surface area (Å²) in [5.74, 6) is 1.18. The van der Waals surface area contributed by atoms with Gasteiger partial charge in [0, 0.05) is 11.3 Å². The molecule has 1 amide bonds. The van der Waals surface area contributed by atoms with Crippen LogP contribution in [0.2, 0.25) is 0 Å². The van der Waals surface area contributed by atoms with E-state index >= 15 is 0 Å². The molecule has 1 heterocycles. The number of aryl methyl sites for hydroxylation is 1. The quantitative estimate of drug-likeness (QED) is 0.769. The van der Waals surface area contributed by atoms with Crippen LogP contribution >= 0.6 is 0 Å². The van der Waals surface area contributed by atoms with Gasteiger partial charge in [0.1, 0.15) is 0 Å². The summed E-state index contributed by atoms with van der Waals surface area (Å²) >= 11 is 0. The van der Waals surface area contributed by atoms with Gasteiger partial charge in [-0.25, -0.2) is 0 Å². The first kappa shape index (κ1) is 16.7. The fraction of sp³-hybridized carbons (Fsp3) is 0.733. The van der Waals surface area contributed by atoms with Crippen molar-refractivity contribution < 1.29 is 9.53 Å². The highest BCUT2D eigenvalue weighted by Gasteiger charge is 2.11. The topological polar surface area (TPSA) is 67.0 Å². The van der Waals surface area contributed by atoms with Gasteiger partial charge in [0.2, 0.25) is 5.91 Å². The molecule has 0 fully saturated rings. The normalized spacial score (nSPS) is 12.7. The summed E-state index contributed by atoms with van der Waals surface area (Å²) in [6.45, 7) is 10.8. The van der Waals surface area contributed by atoms with E-state index in [-0.39, 0.29) is 12.0 Å². The van der Waals surface area contributed by atoms with E-state index in [1.807, 2.05) is 13.8 Å². The number of hydrogen-bond donors (Lipinski definition) is 2. The molecule has 1 aromatic rings. The molecule has 0 aliphatic heterocycles. The third kappa shape index (κ3) is 5.33. The molecule has 1 aromatic heterocycles. The van der Waals surface area contributed by atoms with Gasteiger partial charge in [0.15, 0.2) is 5.82 Å². The Labute approximate surface area is 121 Å². The van der Waals surface area contributed by atoms with Crippen molar-refractivity contribution in [2.45, 2.75) is 60.0 Å². The summed E-state index contributed by atoms with van der Waals surface area (Å²) in [4.78, 5) is 11.8. The highest BCUT2D eigenvalue weighted by atomic mass is 16.5. The number of carbonyl (C=O) groups excluding carboxylic acids is 1. The zero-order chi connectivity index (χ0) is 15.1. The van der Waals surface area contributed by atoms with Crippen molar-refractivity contribution >= 4 is 11.7 Å². The fourth-order valence-corrected chi connectivity index (χ4v) is 2.18. The first-order valence-electron chi connectivity index (χ1n) is 7.39. The van der Waals surface area contributed by atoms with Crippen molar-refractivity contribution in [3.63, 3.8) is 0 Å². The molecule has 1 atom stereocenters. The molecular weight excluding hydrogens is 254 g/mol. The molecule has 1 unspecified atom stereocenters. The molecular formula is C15H27N3O2. The van der Waals surface area contributed by atoms with E-state index in [9.17, 15) is 4.79 Å². The van der Waals surface area contributed by atoms with E-state index < -0.39 is 0 Å². The minimum atomic E-state index is -0.0565. The minimum Gasteiger partial charge on any atom is -0.378 e. The van der Waals surface area contributed by atoms with E-state index in [4.69, 9.17) is 4.74 Å². The van der Waals surface area contributed by atoms with Crippen LogP contribution in [0.1, 0.15) is 51.8 Å². The van der Waals surface area contributed by atoms with Crippen LogP contribution in [0.25, 0.3) is 0 Å². The van der Waals surface area contributed by atoms with Crippen LogP contribution in [0.5, 0.6) is 0 Å². The number of H-pyrrole nitrogens is 1. The third-order valence-corrected chi connectivity index (χ3v) is 3.26. The monoisotopic (exact) mass is 281 g/mol. The highest BCUT2D eigenvalue weighted by Crippen LogP contribution is 2.15. The van der Waals surface area contributed by atoms with E-state index in [1.54, 1.807) is 0 Å². The van der Waals surface area contributed by atoms with E-state index in [0.29, 0.717) is 24.8 Å². The molecule has 0 radical (unpaired) electrons. The Balaban J connectivity index is 2.31. The van der Waals surface area contributed by atoms with E-state index in [1.165, 1.54) is 0 Å². The largest absolute Gasteiger partial charge is 0.378 e. The van der Waals surface area contributed by atoms with Crippen LogP contribution < -0.4 is 5.32 Å². The molecule has 0 aliphatic rings. The molecule has 1 rings (SSSR count). The smallest absolute Gasteiger partial charge is 0.227 e. The molecule has 0 saturated heterocycles. The van der Waals surface area contributed by atoms with Crippen molar-refractivity contribution in [1.29, 1.82) is 0 Å². The van der Waals surface area contributed by atoms with Gasteiger partial charge in [0.05, 0.1) is 19.1 Å². The third-order valence-electron chi connectivity index (χ3n) is 3.26. The molecule has 5 nitrogen and oxygen atoms in total. The molecule has 0 aliphatic carbocycles. The van der Waals surface area contributed by atoms with Gasteiger partial charge in [-0.05, 0) is 32.6 Å². The predicted octanol–water partition coefficient (Wildman–Crippen LogP) is 3.06. The highest BCUT2D eigenvalue weighted by molar-refractivity contribution is 5.90. The van der Waals surface area contributed by atoms with Crippen molar-refractivity contribution in [3.8, 4) is 0 Å². The van der Waals surface area contributed by atoms with Crippen LogP contribution in [0.3, 0.4) is 0 Å². The number of carbonyl (C=O) groups is 1. The standard InChI is InChI=1S/C15H27N3O2/c1-6-13-12(5)15(18-17-13)16-14(19)7-8-20-11(4)9-10(2)3/h10-11H,6-9H2,1-5H3,(H2,16,17,18,19). The summed E-state index contributed by atoms with van der Waals surface area (Å²) in [6, 6.07) is 0. The number of amides is 1. The van der Waals surface area contributed by atoms with Gasteiger partial charge in [-0.1, -0.05) is 20.8 Å². The van der Waals surface area contributed by atoms with Crippen molar-refractivity contribution in [2.24, 2.45) is 5.92 Å². The fourth-order valence-electron chi connectivity index (χ4n) is 2.18. The van der Waals surface area contributed by atoms with Crippen LogP contribution in [-0.4, -0.2) is 28.8 Å². The Hall–Kier alpha value is -1.36. The molecule has 0 aromatic carbocycles. The second-order valence-corrected chi connectivity index (χ2v) is 5.64. The maximum Gasteiger partial charge on any atom is 0.227 e. The summed E-state index contributed by atoms with van der Waals surface area (Å²) in [5.41, 5.74) is 2.07. The predicted molar refractivity (Wildman–Crippen MR) is 80.8 cm³/mol. The SMILES string of the molecule is CCc1[nH]nc(NC(=O)CCOC(C)CC(C)C)c1C. The van der Waals surface area contributed by atoms with Crippen LogP contribution in [0.4, 0.5) is 5.82 Å². The van der Waals surface area contributed by atoms with Crippen molar-refractivity contribution in [2.75, 3.05) is 11.9 Å². The number of anilines is 1. The Kier molecular flexibility index (Phi) is 6.71. The summed E-state index contributed by atoms with van der Waals surface area (Å²) < 4.78 is 5.63. The Bertz CT molecular complexity index is 427. The molecule has 0 saturated carbocycles. The molecule has 20 heavy (non-hydrogen) atoms. The zero-order valence-corrected chi connectivity index (χ0v) is 13.2. The number of ether oxygens (including phenoxy) is 1. The first-order valence-corrected chi connectivity index (χ1v) is 7.39. The van der Waals surface area contributed by atoms with Crippen molar-refractivity contribution in [3.05, 3.63) is 11.3 Å². The average molecular weight is 281 g/mol. The second kappa shape index (κ2) is 8.04. The van der Waals surface area contributed by atoms with Gasteiger partial charge in [-0.2, -0.15) is 5.10 Å². The zero-order valence-electron chi connectivity index (χ0n) is 13.2. The van der Waals surface area contributed by atoms with Gasteiger partial charge in [0.25, 0.3) is 0 Å². The number of nitrogens with zero attached hydrogens (tertiary/aromatic N) is 1. The Morgan fingerprint density at radius 2 is 2.10 bits per heavy atom. The van der Waals surface area contributed by atoms with Crippen LogP contribution in [0, 0.1) is 12.8 Å². The van der Waals surface area contributed by atoms with Crippen molar-refractivity contribution in [1.82, 2.24) is 10.2 Å². The molecule has 5 heteroatoms. The minimum absolute atomic E-state index is 0.0565. The van der Waals surface area contributed by atoms with E-state index in [2.05, 4.69) is 36.3 Å². The Morgan fingerprint density at radius 1 is 1.40 bits per heavy atom. The van der Waals surface area contributed by atoms with Crippen LogP contribution in [0.15, 0.2) is 0 Å². The van der Waals surface area contributed by atoms with Crippen LogP contribution in [-0.2, 0) is 16.0 Å². The second-order valence-electron chi connectivity index (χ2n) is 5.64. The lowest BCUT2D eigenvalue weighted by molar-refractivity contribution is -0.117. The lowest BCUT2D eigenvalue weighted by Gasteiger charge is -2.14. The average Bonchev–Trinajstić information content (AvgIpc) is 2.69. The first-order chi connectivity index (χ1) is 9.43. The number of nitrogens with one attached hydrogen (secondary N) is 2. The summed E-state index contributed by atoms with van der Waals surface area (Å²) in [5, 5.41) is 9.86. The number of aromatic nitrogens is 2. The summed E-state index contributed by atoms with van der Waals surface area (Å²) in [7, 11) is 0. The van der Waals surface area contributed by atoms with Gasteiger partial charge in [-0.15, -0.1) is 0 Å². The van der Waals surface area contributed by atoms with E-state index in [0.717, 1.165) is 24.1 Å². The lowest BCUT2D eigenvalue weighted by Crippen LogP contribution is -2.18. The Morgan fingerprint density at radius 3 is 2.65 bits per heavy atom. The number of rotatable bonds is 8. The molecule has 114 valence electrons.